The van der Waals surface area contributed by atoms with Crippen molar-refractivity contribution in [2.75, 3.05) is 11.5 Å². The van der Waals surface area contributed by atoms with E-state index in [1.807, 2.05) is 11.6 Å². The molecule has 1 saturated heterocycles. The number of nitrogens with one attached hydrogen (secondary N) is 1. The summed E-state index contributed by atoms with van der Waals surface area (Å²) < 4.78 is 1.87. The van der Waals surface area contributed by atoms with Gasteiger partial charge >= 0.3 is 5.97 Å². The Kier molecular flexibility index (Phi) is 5.16. The Morgan fingerprint density at radius 2 is 2.18 bits per heavy atom. The van der Waals surface area contributed by atoms with Crippen molar-refractivity contribution in [3.8, 4) is 0 Å². The quantitative estimate of drug-likeness (QED) is 0.838. The van der Waals surface area contributed by atoms with Gasteiger partial charge in [-0.2, -0.15) is 16.9 Å². The highest BCUT2D eigenvalue weighted by Crippen LogP contribution is 2.29. The van der Waals surface area contributed by atoms with Crippen LogP contribution in [0.3, 0.4) is 0 Å². The Labute approximate surface area is 134 Å². The minimum Gasteiger partial charge on any atom is -0.479 e. The fourth-order valence-electron chi connectivity index (χ4n) is 2.82. The maximum atomic E-state index is 12.5. The Balaban J connectivity index is 2.22. The van der Waals surface area contributed by atoms with Gasteiger partial charge in [0.25, 0.3) is 5.91 Å². The molecule has 1 unspecified atom stereocenters. The molecule has 6 nitrogen and oxygen atoms in total. The van der Waals surface area contributed by atoms with Gasteiger partial charge in [0.05, 0.1) is 17.8 Å². The van der Waals surface area contributed by atoms with Gasteiger partial charge in [-0.25, -0.2) is 4.79 Å². The number of thioether (sulfide) groups is 1. The number of carboxylic acids is 1. The molecule has 1 fully saturated rings. The standard InChI is InChI=1S/C15H23N3O3S/c1-4-11(5-2)18-10(3)12(8-16-18)13(19)17-15(14(20)21)6-7-22-9-15/h8,11H,4-7,9H2,1-3H3,(H,17,19)(H,20,21). The minimum atomic E-state index is -1.15. The second-order valence-electron chi connectivity index (χ2n) is 5.70. The number of hydrogen-bond acceptors (Lipinski definition) is 4. The third-order valence-electron chi connectivity index (χ3n) is 4.36. The van der Waals surface area contributed by atoms with Gasteiger partial charge in [-0.3, -0.25) is 9.48 Å². The summed E-state index contributed by atoms with van der Waals surface area (Å²) in [7, 11) is 0. The van der Waals surface area contributed by atoms with Crippen LogP contribution in [-0.4, -0.2) is 43.8 Å². The van der Waals surface area contributed by atoms with Crippen molar-refractivity contribution in [3.63, 3.8) is 0 Å². The van der Waals surface area contributed by atoms with E-state index in [1.165, 1.54) is 0 Å². The summed E-state index contributed by atoms with van der Waals surface area (Å²) in [5, 5.41) is 16.5. The Morgan fingerprint density at radius 1 is 1.50 bits per heavy atom. The maximum Gasteiger partial charge on any atom is 0.330 e. The van der Waals surface area contributed by atoms with E-state index < -0.39 is 11.5 Å². The van der Waals surface area contributed by atoms with Crippen molar-refractivity contribution < 1.29 is 14.7 Å². The molecule has 122 valence electrons. The molecule has 0 bridgehead atoms. The smallest absolute Gasteiger partial charge is 0.330 e. The monoisotopic (exact) mass is 325 g/mol. The van der Waals surface area contributed by atoms with Crippen molar-refractivity contribution in [2.24, 2.45) is 0 Å². The van der Waals surface area contributed by atoms with Gasteiger partial charge in [0.1, 0.15) is 5.54 Å². The predicted octanol–water partition coefficient (Wildman–Crippen LogP) is 2.24. The lowest BCUT2D eigenvalue weighted by atomic mass is 9.98. The summed E-state index contributed by atoms with van der Waals surface area (Å²) in [6.45, 7) is 6.03. The summed E-state index contributed by atoms with van der Waals surface area (Å²) in [5.41, 5.74) is 0.104. The van der Waals surface area contributed by atoms with Crippen LogP contribution in [0.25, 0.3) is 0 Å². The maximum absolute atomic E-state index is 12.5. The second kappa shape index (κ2) is 6.73. The molecule has 2 rings (SSSR count). The second-order valence-corrected chi connectivity index (χ2v) is 6.81. The molecule has 0 aromatic carbocycles. The number of carbonyl (C=O) groups excluding carboxylic acids is 1. The van der Waals surface area contributed by atoms with E-state index in [4.69, 9.17) is 0 Å². The number of rotatable bonds is 6. The van der Waals surface area contributed by atoms with Crippen LogP contribution in [0.1, 0.15) is 55.2 Å². The van der Waals surface area contributed by atoms with Gasteiger partial charge in [0, 0.05) is 11.4 Å². The first-order chi connectivity index (χ1) is 10.4. The van der Waals surface area contributed by atoms with Crippen molar-refractivity contribution in [1.29, 1.82) is 0 Å². The molecule has 1 amide bonds. The van der Waals surface area contributed by atoms with Gasteiger partial charge in [-0.05, 0) is 31.9 Å². The third kappa shape index (κ3) is 2.99. The summed E-state index contributed by atoms with van der Waals surface area (Å²) in [5.74, 6) is -0.151. The molecular weight excluding hydrogens is 302 g/mol. The molecule has 1 aromatic heterocycles. The normalized spacial score (nSPS) is 21.3. The molecule has 0 spiro atoms. The molecule has 0 radical (unpaired) electrons. The number of amides is 1. The first-order valence-electron chi connectivity index (χ1n) is 7.63. The largest absolute Gasteiger partial charge is 0.479 e. The van der Waals surface area contributed by atoms with Gasteiger partial charge in [-0.15, -0.1) is 0 Å². The SMILES string of the molecule is CCC(CC)n1ncc(C(=O)NC2(C(=O)O)CCSC2)c1C. The molecule has 0 saturated carbocycles. The van der Waals surface area contributed by atoms with Gasteiger partial charge in [0.2, 0.25) is 0 Å². The molecule has 7 heteroatoms. The van der Waals surface area contributed by atoms with Crippen molar-refractivity contribution in [2.45, 2.75) is 51.6 Å². The van der Waals surface area contributed by atoms with Crippen molar-refractivity contribution >= 4 is 23.6 Å². The topological polar surface area (TPSA) is 84.2 Å². The van der Waals surface area contributed by atoms with E-state index in [0.29, 0.717) is 17.7 Å². The lowest BCUT2D eigenvalue weighted by molar-refractivity contribution is -0.143. The Bertz CT molecular complexity index is 560. The van der Waals surface area contributed by atoms with Crippen molar-refractivity contribution in [1.82, 2.24) is 15.1 Å². The molecule has 0 aliphatic carbocycles. The lowest BCUT2D eigenvalue weighted by Crippen LogP contribution is -2.54. The van der Waals surface area contributed by atoms with E-state index >= 15 is 0 Å². The molecule has 1 atom stereocenters. The number of carboxylic acid groups (broad SMARTS) is 1. The van der Waals surface area contributed by atoms with E-state index in [1.54, 1.807) is 18.0 Å². The van der Waals surface area contributed by atoms with Crippen LogP contribution in [-0.2, 0) is 4.79 Å². The van der Waals surface area contributed by atoms with Crippen LogP contribution in [0.4, 0.5) is 0 Å². The summed E-state index contributed by atoms with van der Waals surface area (Å²) in [4.78, 5) is 24.0. The Morgan fingerprint density at radius 3 is 2.68 bits per heavy atom. The first-order valence-corrected chi connectivity index (χ1v) is 8.78. The van der Waals surface area contributed by atoms with Gasteiger partial charge in [-0.1, -0.05) is 13.8 Å². The molecular formula is C15H23N3O3S. The zero-order valence-electron chi connectivity index (χ0n) is 13.3. The fourth-order valence-corrected chi connectivity index (χ4v) is 4.14. The number of aromatic nitrogens is 2. The van der Waals surface area contributed by atoms with Crippen LogP contribution >= 0.6 is 11.8 Å². The minimum absolute atomic E-state index is 0.261. The third-order valence-corrected chi connectivity index (χ3v) is 5.55. The van der Waals surface area contributed by atoms with Crippen LogP contribution in [0.2, 0.25) is 0 Å². The van der Waals surface area contributed by atoms with E-state index in [2.05, 4.69) is 24.3 Å². The van der Waals surface area contributed by atoms with E-state index in [9.17, 15) is 14.7 Å². The average molecular weight is 325 g/mol. The van der Waals surface area contributed by atoms with Crippen LogP contribution < -0.4 is 5.32 Å². The van der Waals surface area contributed by atoms with E-state index in [0.717, 1.165) is 24.3 Å². The van der Waals surface area contributed by atoms with Gasteiger partial charge < -0.3 is 10.4 Å². The first kappa shape index (κ1) is 16.9. The molecule has 1 aliphatic rings. The molecule has 2 heterocycles. The molecule has 1 aromatic rings. The van der Waals surface area contributed by atoms with Crippen LogP contribution in [0, 0.1) is 6.92 Å². The highest BCUT2D eigenvalue weighted by atomic mass is 32.2. The number of carbonyl (C=O) groups is 2. The van der Waals surface area contributed by atoms with Gasteiger partial charge in [0.15, 0.2) is 0 Å². The molecule has 1 aliphatic heterocycles. The number of aliphatic carboxylic acids is 1. The average Bonchev–Trinajstić information content (AvgIpc) is 3.09. The molecule has 22 heavy (non-hydrogen) atoms. The highest BCUT2D eigenvalue weighted by Gasteiger charge is 2.43. The fraction of sp³-hybridized carbons (Fsp3) is 0.667. The summed E-state index contributed by atoms with van der Waals surface area (Å²) in [6, 6.07) is 0.261. The summed E-state index contributed by atoms with van der Waals surface area (Å²) in [6.07, 6.45) is 3.88. The molecule has 2 N–H and O–H groups in total. The summed E-state index contributed by atoms with van der Waals surface area (Å²) >= 11 is 1.55. The van der Waals surface area contributed by atoms with E-state index in [-0.39, 0.29) is 11.9 Å². The highest BCUT2D eigenvalue weighted by molar-refractivity contribution is 7.99. The Hall–Kier alpha value is -1.50. The van der Waals surface area contributed by atoms with Crippen LogP contribution in [0.15, 0.2) is 6.20 Å². The number of nitrogens with zero attached hydrogens (tertiary/aromatic N) is 2. The zero-order valence-corrected chi connectivity index (χ0v) is 14.1. The predicted molar refractivity (Wildman–Crippen MR) is 86.4 cm³/mol. The van der Waals surface area contributed by atoms with Crippen LogP contribution in [0.5, 0.6) is 0 Å². The number of hydrogen-bond donors (Lipinski definition) is 2. The zero-order chi connectivity index (χ0) is 16.3. The van der Waals surface area contributed by atoms with Crippen molar-refractivity contribution in [3.05, 3.63) is 17.5 Å². The lowest BCUT2D eigenvalue weighted by Gasteiger charge is -2.24.